The zero-order valence-corrected chi connectivity index (χ0v) is 24.4. The summed E-state index contributed by atoms with van der Waals surface area (Å²) in [7, 11) is 3.28. The second-order valence-electron chi connectivity index (χ2n) is 13.4. The van der Waals surface area contributed by atoms with E-state index >= 15 is 0 Å². The van der Waals surface area contributed by atoms with Crippen LogP contribution in [0.3, 0.4) is 0 Å². The van der Waals surface area contributed by atoms with Gasteiger partial charge in [-0.3, -0.25) is 0 Å². The van der Waals surface area contributed by atoms with Gasteiger partial charge >= 0.3 is 0 Å². The summed E-state index contributed by atoms with van der Waals surface area (Å²) in [5, 5.41) is 8.20. The van der Waals surface area contributed by atoms with E-state index in [4.69, 9.17) is 0 Å². The highest BCUT2D eigenvalue weighted by Gasteiger charge is 2.47. The molecule has 1 aromatic rings. The van der Waals surface area contributed by atoms with E-state index < -0.39 is 0 Å². The van der Waals surface area contributed by atoms with E-state index in [1.165, 1.54) is 24.6 Å². The summed E-state index contributed by atoms with van der Waals surface area (Å²) in [6, 6.07) is 7.58. The molecule has 2 aliphatic heterocycles. The van der Waals surface area contributed by atoms with Crippen molar-refractivity contribution in [1.29, 1.82) is 0 Å². The van der Waals surface area contributed by atoms with Gasteiger partial charge in [0.15, 0.2) is 0 Å². The predicted molar refractivity (Wildman–Crippen MR) is 149 cm³/mol. The molecule has 2 saturated heterocycles. The summed E-state index contributed by atoms with van der Waals surface area (Å²) in [6.45, 7) is 26.5. The lowest BCUT2D eigenvalue weighted by Crippen LogP contribution is -2.40. The van der Waals surface area contributed by atoms with Crippen LogP contribution in [0.15, 0.2) is 18.2 Å². The maximum atomic E-state index is 3.70. The summed E-state index contributed by atoms with van der Waals surface area (Å²) in [6.07, 6.45) is 3.79. The van der Waals surface area contributed by atoms with Gasteiger partial charge in [0.1, 0.15) is 0 Å². The van der Waals surface area contributed by atoms with Crippen molar-refractivity contribution in [2.75, 3.05) is 26.2 Å². The normalized spacial score (nSPS) is 24.8. The van der Waals surface area contributed by atoms with Crippen LogP contribution in [0.1, 0.15) is 91.8 Å². The average Bonchev–Trinajstić information content (AvgIpc) is 3.36. The zero-order chi connectivity index (χ0) is 23.9. The SMILES string of the molecule is CC(C)(C)c1ccc(CP(C(C)(C)C)C(C)(C)C)c(C(P)(C2CCNC2)C2CCNC2)c1. The summed E-state index contributed by atoms with van der Waals surface area (Å²) in [4.78, 5) is 0. The topological polar surface area (TPSA) is 24.1 Å². The van der Waals surface area contributed by atoms with Gasteiger partial charge in [0.05, 0.1) is 0 Å². The molecular formula is C28H50N2P2. The monoisotopic (exact) mass is 476 g/mol. The smallest absolute Gasteiger partial charge is 0.0182 e. The third kappa shape index (κ3) is 5.62. The molecule has 0 saturated carbocycles. The van der Waals surface area contributed by atoms with Crippen molar-refractivity contribution < 1.29 is 0 Å². The number of rotatable bonds is 5. The Kier molecular flexibility index (Phi) is 7.95. The second-order valence-corrected chi connectivity index (χ2v) is 18.2. The number of benzene rings is 1. The molecule has 2 heterocycles. The summed E-state index contributed by atoms with van der Waals surface area (Å²) >= 11 is 0. The Labute approximate surface area is 202 Å². The Morgan fingerprint density at radius 3 is 1.72 bits per heavy atom. The van der Waals surface area contributed by atoms with Gasteiger partial charge in [-0.2, -0.15) is 0 Å². The molecule has 182 valence electrons. The lowest BCUT2D eigenvalue weighted by Gasteiger charge is -2.45. The molecule has 0 spiro atoms. The van der Waals surface area contributed by atoms with Crippen LogP contribution in [0, 0.1) is 11.8 Å². The Bertz CT molecular complexity index is 740. The van der Waals surface area contributed by atoms with Crippen molar-refractivity contribution >= 4 is 17.2 Å². The van der Waals surface area contributed by atoms with Crippen LogP contribution in [-0.2, 0) is 16.7 Å². The quantitative estimate of drug-likeness (QED) is 0.454. The maximum Gasteiger partial charge on any atom is 0.0182 e. The van der Waals surface area contributed by atoms with Crippen molar-refractivity contribution in [1.82, 2.24) is 10.6 Å². The molecule has 2 nitrogen and oxygen atoms in total. The highest BCUT2D eigenvalue weighted by molar-refractivity contribution is 7.60. The van der Waals surface area contributed by atoms with Gasteiger partial charge in [0.25, 0.3) is 0 Å². The molecule has 0 aromatic heterocycles. The highest BCUT2D eigenvalue weighted by Crippen LogP contribution is 2.62. The highest BCUT2D eigenvalue weighted by atomic mass is 31.1. The third-order valence-corrected chi connectivity index (χ3v) is 13.0. The molecular weight excluding hydrogens is 426 g/mol. The van der Waals surface area contributed by atoms with E-state index in [9.17, 15) is 0 Å². The van der Waals surface area contributed by atoms with E-state index in [-0.39, 0.29) is 18.5 Å². The van der Waals surface area contributed by atoms with E-state index in [1.54, 1.807) is 11.1 Å². The van der Waals surface area contributed by atoms with Gasteiger partial charge in [0.2, 0.25) is 0 Å². The molecule has 2 N–H and O–H groups in total. The number of hydrogen-bond acceptors (Lipinski definition) is 2. The Hall–Kier alpha value is -0.0000000000000000555. The molecule has 4 heteroatoms. The van der Waals surface area contributed by atoms with Crippen LogP contribution in [0.2, 0.25) is 0 Å². The van der Waals surface area contributed by atoms with Gasteiger partial charge in [-0.1, -0.05) is 88.4 Å². The maximum absolute atomic E-state index is 3.70. The predicted octanol–water partition coefficient (Wildman–Crippen LogP) is 6.85. The molecule has 0 aliphatic carbocycles. The Morgan fingerprint density at radius 2 is 1.34 bits per heavy atom. The van der Waals surface area contributed by atoms with Gasteiger partial charge in [-0.05, 0) is 89.4 Å². The van der Waals surface area contributed by atoms with E-state index in [1.807, 2.05) is 0 Å². The van der Waals surface area contributed by atoms with Crippen LogP contribution in [0.5, 0.6) is 0 Å². The standard InChI is InChI=1S/C28H50N2P2/c1-25(2,3)21-11-10-20(19-32(26(4,5)6)27(7,8)9)24(16-21)28(31,22-12-14-29-17-22)23-13-15-30-18-23/h10-11,16,22-23,29-30H,12-15,17-19,31H2,1-9H3. The van der Waals surface area contributed by atoms with Gasteiger partial charge in [-0.25, -0.2) is 0 Å². The fourth-order valence-corrected chi connectivity index (χ4v) is 10.5. The first-order chi connectivity index (χ1) is 14.6. The van der Waals surface area contributed by atoms with E-state index in [2.05, 4.69) is 100 Å². The zero-order valence-electron chi connectivity index (χ0n) is 22.4. The van der Waals surface area contributed by atoms with Crippen LogP contribution in [-0.4, -0.2) is 36.5 Å². The summed E-state index contributed by atoms with van der Waals surface area (Å²) in [5.41, 5.74) is 4.90. The minimum atomic E-state index is -0.185. The largest absolute Gasteiger partial charge is 0.316 e. The Morgan fingerprint density at radius 1 is 0.844 bits per heavy atom. The number of hydrogen-bond donors (Lipinski definition) is 2. The lowest BCUT2D eigenvalue weighted by molar-refractivity contribution is 0.298. The van der Waals surface area contributed by atoms with Crippen molar-refractivity contribution in [3.05, 3.63) is 34.9 Å². The molecule has 32 heavy (non-hydrogen) atoms. The molecule has 3 rings (SSSR count). The molecule has 3 unspecified atom stereocenters. The average molecular weight is 477 g/mol. The summed E-state index contributed by atoms with van der Waals surface area (Å²) < 4.78 is 0. The second kappa shape index (κ2) is 9.57. The van der Waals surface area contributed by atoms with Crippen LogP contribution in [0.4, 0.5) is 0 Å². The van der Waals surface area contributed by atoms with Crippen molar-refractivity contribution in [2.45, 2.75) is 102 Å². The molecule has 2 fully saturated rings. The first kappa shape index (κ1) is 26.6. The molecule has 0 bridgehead atoms. The third-order valence-electron chi connectivity index (χ3n) is 7.86. The van der Waals surface area contributed by atoms with Crippen LogP contribution < -0.4 is 10.6 Å². The molecule has 3 atom stereocenters. The van der Waals surface area contributed by atoms with Crippen molar-refractivity contribution in [3.63, 3.8) is 0 Å². The van der Waals surface area contributed by atoms with Gasteiger partial charge < -0.3 is 10.6 Å². The van der Waals surface area contributed by atoms with Crippen molar-refractivity contribution in [2.24, 2.45) is 11.8 Å². The first-order valence-corrected chi connectivity index (χ1v) is 14.9. The van der Waals surface area contributed by atoms with Gasteiger partial charge in [-0.15, -0.1) is 9.24 Å². The molecule has 0 amide bonds. The first-order valence-electron chi connectivity index (χ1n) is 12.8. The minimum absolute atomic E-state index is 0.139. The lowest BCUT2D eigenvalue weighted by atomic mass is 9.72. The molecule has 2 aliphatic rings. The van der Waals surface area contributed by atoms with E-state index in [0.29, 0.717) is 22.1 Å². The fourth-order valence-electron chi connectivity index (χ4n) is 6.13. The van der Waals surface area contributed by atoms with Gasteiger partial charge in [0, 0.05) is 5.16 Å². The molecule has 1 aromatic carbocycles. The number of nitrogens with one attached hydrogen (secondary N) is 2. The van der Waals surface area contributed by atoms with Crippen LogP contribution in [0.25, 0.3) is 0 Å². The van der Waals surface area contributed by atoms with E-state index in [0.717, 1.165) is 26.2 Å². The summed E-state index contributed by atoms with van der Waals surface area (Å²) in [5.74, 6) is 1.36. The molecule has 0 radical (unpaired) electrons. The van der Waals surface area contributed by atoms with Crippen LogP contribution >= 0.6 is 17.2 Å². The Balaban J connectivity index is 2.18. The minimum Gasteiger partial charge on any atom is -0.316 e. The van der Waals surface area contributed by atoms with Crippen molar-refractivity contribution in [3.8, 4) is 0 Å². The fraction of sp³-hybridized carbons (Fsp3) is 0.786.